The Morgan fingerprint density at radius 1 is 1.05 bits per heavy atom. The van der Waals surface area contributed by atoms with Crippen LogP contribution < -0.4 is 5.32 Å². The molecule has 2 aromatic rings. The van der Waals surface area contributed by atoms with E-state index in [2.05, 4.69) is 34.5 Å². The van der Waals surface area contributed by atoms with Crippen LogP contribution in [0.5, 0.6) is 0 Å². The molecule has 0 aromatic heterocycles. The van der Waals surface area contributed by atoms with E-state index >= 15 is 0 Å². The summed E-state index contributed by atoms with van der Waals surface area (Å²) < 4.78 is 38.1. The lowest BCUT2D eigenvalue weighted by molar-refractivity contribution is -0.137. The highest BCUT2D eigenvalue weighted by Gasteiger charge is 2.41. The maximum atomic E-state index is 12.7. The van der Waals surface area contributed by atoms with Gasteiger partial charge in [0.25, 0.3) is 0 Å². The summed E-state index contributed by atoms with van der Waals surface area (Å²) in [4.78, 5) is 16.7. The largest absolute Gasteiger partial charge is 0.416 e. The lowest BCUT2D eigenvalue weighted by Crippen LogP contribution is -2.48. The summed E-state index contributed by atoms with van der Waals surface area (Å²) >= 11 is 0. The smallest absolute Gasteiger partial charge is 0.392 e. The van der Waals surface area contributed by atoms with Gasteiger partial charge in [0.1, 0.15) is 0 Å². The highest BCUT2D eigenvalue weighted by atomic mass is 19.4. The number of anilines is 1. The average molecular weight is 514 g/mol. The molecule has 0 bridgehead atoms. The van der Waals surface area contributed by atoms with Crippen LogP contribution >= 0.6 is 0 Å². The van der Waals surface area contributed by atoms with Gasteiger partial charge >= 0.3 is 6.18 Å². The summed E-state index contributed by atoms with van der Waals surface area (Å²) in [5.74, 6) is 0.00678. The predicted molar refractivity (Wildman–Crippen MR) is 138 cm³/mol. The molecule has 2 aromatic carbocycles. The standard InChI is InChI=1S/C29H34F3N3O2/c30-29(31,32)23-8-5-21(6-9-23)7-10-27(37)35-15-11-22(12-16-35)26(36)19-34-17-13-28(14-18-34)20-33-25-4-2-1-3-24(25)28/h1-10,22,26,33,36H,11-20H2. The van der Waals surface area contributed by atoms with Gasteiger partial charge in [0.15, 0.2) is 0 Å². The third-order valence-electron chi connectivity index (χ3n) is 8.43. The van der Waals surface area contributed by atoms with E-state index in [4.69, 9.17) is 0 Å². The van der Waals surface area contributed by atoms with Crippen LogP contribution in [0.2, 0.25) is 0 Å². The van der Waals surface area contributed by atoms with Crippen molar-refractivity contribution in [1.29, 1.82) is 0 Å². The van der Waals surface area contributed by atoms with E-state index in [0.717, 1.165) is 57.5 Å². The van der Waals surface area contributed by atoms with Crippen LogP contribution in [-0.2, 0) is 16.4 Å². The number of hydrogen-bond acceptors (Lipinski definition) is 4. The van der Waals surface area contributed by atoms with Gasteiger partial charge in [-0.1, -0.05) is 30.3 Å². The normalized spacial score (nSPS) is 21.2. The quantitative estimate of drug-likeness (QED) is 0.566. The molecule has 1 amide bonds. The van der Waals surface area contributed by atoms with E-state index in [-0.39, 0.29) is 17.2 Å². The maximum Gasteiger partial charge on any atom is 0.416 e. The molecule has 3 heterocycles. The summed E-state index contributed by atoms with van der Waals surface area (Å²) in [5.41, 5.74) is 2.73. The van der Waals surface area contributed by atoms with Crippen LogP contribution in [-0.4, -0.2) is 66.2 Å². The molecule has 0 saturated carbocycles. The molecule has 2 N–H and O–H groups in total. The molecule has 1 spiro atoms. The fraction of sp³-hybridized carbons (Fsp3) is 0.483. The lowest BCUT2D eigenvalue weighted by atomic mass is 9.74. The molecule has 0 aliphatic carbocycles. The Bertz CT molecular complexity index is 1120. The molecule has 3 aliphatic rings. The number of halogens is 3. The first-order valence-corrected chi connectivity index (χ1v) is 13.1. The number of nitrogens with one attached hydrogen (secondary N) is 1. The van der Waals surface area contributed by atoms with Crippen molar-refractivity contribution in [2.24, 2.45) is 5.92 Å². The number of amides is 1. The second-order valence-corrected chi connectivity index (χ2v) is 10.7. The van der Waals surface area contributed by atoms with Crippen molar-refractivity contribution in [3.05, 3.63) is 71.3 Å². The Kier molecular flexibility index (Phi) is 7.32. The van der Waals surface area contributed by atoms with Crippen molar-refractivity contribution in [3.8, 4) is 0 Å². The molecule has 198 valence electrons. The van der Waals surface area contributed by atoms with Crippen molar-refractivity contribution in [3.63, 3.8) is 0 Å². The predicted octanol–water partition coefficient (Wildman–Crippen LogP) is 4.78. The van der Waals surface area contributed by atoms with Crippen molar-refractivity contribution >= 4 is 17.7 Å². The topological polar surface area (TPSA) is 55.8 Å². The van der Waals surface area contributed by atoms with E-state index in [1.54, 1.807) is 11.0 Å². The summed E-state index contributed by atoms with van der Waals surface area (Å²) in [7, 11) is 0. The minimum Gasteiger partial charge on any atom is -0.392 e. The first-order chi connectivity index (χ1) is 17.7. The highest BCUT2D eigenvalue weighted by molar-refractivity contribution is 5.91. The van der Waals surface area contributed by atoms with Crippen LogP contribution in [0.15, 0.2) is 54.6 Å². The van der Waals surface area contributed by atoms with Crippen LogP contribution in [0.1, 0.15) is 42.4 Å². The molecule has 3 aliphatic heterocycles. The number of piperidine rings is 2. The zero-order chi connectivity index (χ0) is 26.0. The van der Waals surface area contributed by atoms with E-state index < -0.39 is 17.8 Å². The fourth-order valence-corrected chi connectivity index (χ4v) is 6.04. The Morgan fingerprint density at radius 2 is 1.73 bits per heavy atom. The summed E-state index contributed by atoms with van der Waals surface area (Å²) in [6, 6.07) is 13.3. The van der Waals surface area contributed by atoms with Crippen molar-refractivity contribution in [2.45, 2.75) is 43.4 Å². The van der Waals surface area contributed by atoms with Gasteiger partial charge in [-0.25, -0.2) is 0 Å². The molecular weight excluding hydrogens is 479 g/mol. The van der Waals surface area contributed by atoms with Crippen molar-refractivity contribution in [1.82, 2.24) is 9.80 Å². The van der Waals surface area contributed by atoms with Crippen LogP contribution in [0.25, 0.3) is 6.08 Å². The molecule has 8 heteroatoms. The van der Waals surface area contributed by atoms with Gasteiger partial charge < -0.3 is 20.2 Å². The fourth-order valence-electron chi connectivity index (χ4n) is 6.04. The van der Waals surface area contributed by atoms with Gasteiger partial charge in [-0.15, -0.1) is 0 Å². The zero-order valence-corrected chi connectivity index (χ0v) is 20.9. The third-order valence-corrected chi connectivity index (χ3v) is 8.43. The maximum absolute atomic E-state index is 12.7. The van der Waals surface area contributed by atoms with Gasteiger partial charge in [0.2, 0.25) is 5.91 Å². The van der Waals surface area contributed by atoms with E-state index in [1.165, 1.54) is 29.5 Å². The van der Waals surface area contributed by atoms with Crippen LogP contribution in [0, 0.1) is 5.92 Å². The zero-order valence-electron chi connectivity index (χ0n) is 20.9. The van der Waals surface area contributed by atoms with Gasteiger partial charge in [0, 0.05) is 43.4 Å². The van der Waals surface area contributed by atoms with E-state index in [1.807, 2.05) is 0 Å². The van der Waals surface area contributed by atoms with E-state index in [0.29, 0.717) is 25.2 Å². The van der Waals surface area contributed by atoms with Gasteiger partial charge in [-0.3, -0.25) is 4.79 Å². The van der Waals surface area contributed by atoms with Crippen molar-refractivity contribution < 1.29 is 23.1 Å². The monoisotopic (exact) mass is 513 g/mol. The molecular formula is C29H34F3N3O2. The Morgan fingerprint density at radius 3 is 2.41 bits per heavy atom. The number of β-amino-alcohol motifs (C(OH)–C–C–N with tert-alkyl or cyclic N) is 1. The van der Waals surface area contributed by atoms with Crippen LogP contribution in [0.4, 0.5) is 18.9 Å². The first kappa shape index (κ1) is 25.8. The summed E-state index contributed by atoms with van der Waals surface area (Å²) in [5, 5.41) is 14.5. The van der Waals surface area contributed by atoms with E-state index in [9.17, 15) is 23.1 Å². The number of carbonyl (C=O) groups is 1. The number of nitrogens with zero attached hydrogens (tertiary/aromatic N) is 2. The molecule has 37 heavy (non-hydrogen) atoms. The number of aliphatic hydroxyl groups is 1. The highest BCUT2D eigenvalue weighted by Crippen LogP contribution is 2.43. The number of rotatable bonds is 5. The van der Waals surface area contributed by atoms with Crippen LogP contribution in [0.3, 0.4) is 0 Å². The number of alkyl halides is 3. The second kappa shape index (κ2) is 10.5. The minimum atomic E-state index is -4.37. The molecule has 5 nitrogen and oxygen atoms in total. The molecule has 2 saturated heterocycles. The number of benzene rings is 2. The minimum absolute atomic E-state index is 0.153. The Hall–Kier alpha value is -2.84. The number of aliphatic hydroxyl groups excluding tert-OH is 1. The number of likely N-dealkylation sites (tertiary alicyclic amines) is 2. The molecule has 1 atom stereocenters. The molecule has 1 unspecified atom stereocenters. The Labute approximate surface area is 216 Å². The summed E-state index contributed by atoms with van der Waals surface area (Å²) in [6.07, 6.45) is 1.84. The number of para-hydroxylation sites is 1. The molecule has 2 fully saturated rings. The van der Waals surface area contributed by atoms with Gasteiger partial charge in [-0.05, 0) is 80.1 Å². The summed E-state index contributed by atoms with van der Waals surface area (Å²) in [6.45, 7) is 4.74. The Balaban J connectivity index is 1.06. The number of fused-ring (bicyclic) bond motifs is 2. The third kappa shape index (κ3) is 5.70. The van der Waals surface area contributed by atoms with Gasteiger partial charge in [-0.2, -0.15) is 13.2 Å². The van der Waals surface area contributed by atoms with Gasteiger partial charge in [0.05, 0.1) is 11.7 Å². The average Bonchev–Trinajstić information content (AvgIpc) is 3.26. The number of hydrogen-bond donors (Lipinski definition) is 2. The lowest BCUT2D eigenvalue weighted by Gasteiger charge is -2.41. The number of carbonyl (C=O) groups excluding carboxylic acids is 1. The second-order valence-electron chi connectivity index (χ2n) is 10.7. The first-order valence-electron chi connectivity index (χ1n) is 13.1. The van der Waals surface area contributed by atoms with Crippen molar-refractivity contribution in [2.75, 3.05) is 44.6 Å². The molecule has 0 radical (unpaired) electrons. The SMILES string of the molecule is O=C(C=Cc1ccc(C(F)(F)F)cc1)N1CCC(C(O)CN2CCC3(CC2)CNc2ccccc23)CC1. The molecule has 5 rings (SSSR count).